The maximum Gasteiger partial charge on any atom is 0.254 e. The first-order chi connectivity index (χ1) is 15.6. The second-order valence-corrected chi connectivity index (χ2v) is 7.58. The van der Waals surface area contributed by atoms with Gasteiger partial charge in [0.05, 0.1) is 19.8 Å². The summed E-state index contributed by atoms with van der Waals surface area (Å²) in [4.78, 5) is 39.0. The van der Waals surface area contributed by atoms with Crippen molar-refractivity contribution in [2.45, 2.75) is 19.8 Å². The number of unbranched alkanes of at least 4 members (excludes halogenated alkanes) is 1. The maximum absolute atomic E-state index is 12.6. The van der Waals surface area contributed by atoms with Gasteiger partial charge >= 0.3 is 0 Å². The van der Waals surface area contributed by atoms with E-state index < -0.39 is 0 Å². The van der Waals surface area contributed by atoms with Crippen molar-refractivity contribution in [3.63, 3.8) is 0 Å². The summed E-state index contributed by atoms with van der Waals surface area (Å²) < 4.78 is 5.29. The molecule has 0 radical (unpaired) electrons. The monoisotopic (exact) mass is 438 g/mol. The molecule has 3 amide bonds. The Morgan fingerprint density at radius 3 is 2.41 bits per heavy atom. The van der Waals surface area contributed by atoms with Crippen molar-refractivity contribution in [1.29, 1.82) is 0 Å². The van der Waals surface area contributed by atoms with Crippen molar-refractivity contribution in [1.82, 2.24) is 10.2 Å². The van der Waals surface area contributed by atoms with Gasteiger partial charge in [-0.3, -0.25) is 14.4 Å². The van der Waals surface area contributed by atoms with Crippen LogP contribution >= 0.6 is 0 Å². The number of nitrogens with one attached hydrogen (secondary N) is 3. The standard InChI is InChI=1S/C24H30N4O4/c1-2-3-10-25-23(30)18-6-4-9-21(15-18)27-22(29)17-26-20-8-5-7-19(16-20)24(31)28-11-13-32-14-12-28/h4-9,15-16,26H,2-3,10-14,17H2,1H3,(H,25,30)(H,27,29). The van der Waals surface area contributed by atoms with E-state index in [2.05, 4.69) is 22.9 Å². The molecule has 1 saturated heterocycles. The Hall–Kier alpha value is -3.39. The van der Waals surface area contributed by atoms with E-state index in [1.165, 1.54) is 0 Å². The van der Waals surface area contributed by atoms with Gasteiger partial charge in [-0.25, -0.2) is 0 Å². The van der Waals surface area contributed by atoms with E-state index in [1.807, 2.05) is 6.07 Å². The third kappa shape index (κ3) is 6.81. The molecule has 1 fully saturated rings. The van der Waals surface area contributed by atoms with E-state index in [0.29, 0.717) is 55.3 Å². The predicted octanol–water partition coefficient (Wildman–Crippen LogP) is 2.74. The van der Waals surface area contributed by atoms with E-state index in [1.54, 1.807) is 47.4 Å². The molecule has 2 aromatic rings. The number of amides is 3. The summed E-state index contributed by atoms with van der Waals surface area (Å²) in [5.41, 5.74) is 2.31. The molecule has 1 heterocycles. The van der Waals surface area contributed by atoms with Crippen LogP contribution in [-0.4, -0.2) is 62.0 Å². The fraction of sp³-hybridized carbons (Fsp3) is 0.375. The highest BCUT2D eigenvalue weighted by Crippen LogP contribution is 2.14. The number of ether oxygens (including phenoxy) is 1. The lowest BCUT2D eigenvalue weighted by atomic mass is 10.1. The molecule has 0 unspecified atom stereocenters. The molecule has 3 rings (SSSR count). The second-order valence-electron chi connectivity index (χ2n) is 7.58. The molecule has 0 spiro atoms. The summed E-state index contributed by atoms with van der Waals surface area (Å²) in [5.74, 6) is -0.455. The average molecular weight is 439 g/mol. The van der Waals surface area contributed by atoms with Crippen LogP contribution in [0.2, 0.25) is 0 Å². The van der Waals surface area contributed by atoms with Crippen LogP contribution in [0.1, 0.15) is 40.5 Å². The van der Waals surface area contributed by atoms with Crippen LogP contribution in [-0.2, 0) is 9.53 Å². The SMILES string of the molecule is CCCCNC(=O)c1cccc(NC(=O)CNc2cccc(C(=O)N3CCOCC3)c2)c1. The molecular weight excluding hydrogens is 408 g/mol. The Kier molecular flexibility index (Phi) is 8.62. The van der Waals surface area contributed by atoms with Gasteiger partial charge in [0, 0.05) is 42.1 Å². The first-order valence-corrected chi connectivity index (χ1v) is 11.0. The van der Waals surface area contributed by atoms with Gasteiger partial charge in [0.2, 0.25) is 5.91 Å². The van der Waals surface area contributed by atoms with E-state index in [4.69, 9.17) is 4.74 Å². The minimum Gasteiger partial charge on any atom is -0.378 e. The summed E-state index contributed by atoms with van der Waals surface area (Å²) in [6, 6.07) is 13.9. The topological polar surface area (TPSA) is 99.8 Å². The van der Waals surface area contributed by atoms with Gasteiger partial charge in [-0.05, 0) is 42.8 Å². The lowest BCUT2D eigenvalue weighted by molar-refractivity contribution is -0.114. The number of hydrogen-bond acceptors (Lipinski definition) is 5. The smallest absolute Gasteiger partial charge is 0.254 e. The highest BCUT2D eigenvalue weighted by molar-refractivity contribution is 5.98. The molecule has 1 aliphatic rings. The van der Waals surface area contributed by atoms with Gasteiger partial charge in [-0.15, -0.1) is 0 Å². The zero-order valence-corrected chi connectivity index (χ0v) is 18.4. The summed E-state index contributed by atoms with van der Waals surface area (Å²) in [6.45, 7) is 4.97. The lowest BCUT2D eigenvalue weighted by Crippen LogP contribution is -2.40. The highest BCUT2D eigenvalue weighted by atomic mass is 16.5. The van der Waals surface area contributed by atoms with Gasteiger partial charge in [0.25, 0.3) is 11.8 Å². The normalized spacial score (nSPS) is 13.3. The number of nitrogens with zero attached hydrogens (tertiary/aromatic N) is 1. The molecule has 2 aromatic carbocycles. The summed E-state index contributed by atoms with van der Waals surface area (Å²) in [7, 11) is 0. The summed E-state index contributed by atoms with van der Waals surface area (Å²) >= 11 is 0. The highest BCUT2D eigenvalue weighted by Gasteiger charge is 2.18. The van der Waals surface area contributed by atoms with Gasteiger partial charge in [-0.1, -0.05) is 25.5 Å². The number of carbonyl (C=O) groups is 3. The van der Waals surface area contributed by atoms with Crippen molar-refractivity contribution < 1.29 is 19.1 Å². The van der Waals surface area contributed by atoms with Crippen molar-refractivity contribution >= 4 is 29.1 Å². The molecule has 0 atom stereocenters. The molecule has 32 heavy (non-hydrogen) atoms. The second kappa shape index (κ2) is 11.9. The summed E-state index contributed by atoms with van der Waals surface area (Å²) in [5, 5.41) is 8.70. The van der Waals surface area contributed by atoms with Crippen LogP contribution in [0.15, 0.2) is 48.5 Å². The zero-order valence-electron chi connectivity index (χ0n) is 18.4. The van der Waals surface area contributed by atoms with Crippen molar-refractivity contribution in [2.24, 2.45) is 0 Å². The number of benzene rings is 2. The number of rotatable bonds is 9. The van der Waals surface area contributed by atoms with Crippen molar-refractivity contribution in [3.8, 4) is 0 Å². The Morgan fingerprint density at radius 2 is 1.66 bits per heavy atom. The van der Waals surface area contributed by atoms with Gasteiger partial charge in [0.1, 0.15) is 0 Å². The third-order valence-electron chi connectivity index (χ3n) is 5.09. The molecule has 0 bridgehead atoms. The number of carbonyl (C=O) groups excluding carboxylic acids is 3. The Bertz CT molecular complexity index is 941. The van der Waals surface area contributed by atoms with Gasteiger partial charge in [-0.2, -0.15) is 0 Å². The van der Waals surface area contributed by atoms with Crippen LogP contribution in [0.5, 0.6) is 0 Å². The molecule has 0 aliphatic carbocycles. The van der Waals surface area contributed by atoms with Gasteiger partial charge in [0.15, 0.2) is 0 Å². The Labute approximate surface area is 188 Å². The largest absolute Gasteiger partial charge is 0.378 e. The van der Waals surface area contributed by atoms with Gasteiger partial charge < -0.3 is 25.6 Å². The maximum atomic E-state index is 12.6. The molecule has 0 saturated carbocycles. The fourth-order valence-corrected chi connectivity index (χ4v) is 3.32. The molecule has 3 N–H and O–H groups in total. The quantitative estimate of drug-likeness (QED) is 0.523. The molecule has 170 valence electrons. The number of morpholine rings is 1. The van der Waals surface area contributed by atoms with Crippen LogP contribution < -0.4 is 16.0 Å². The average Bonchev–Trinajstić information content (AvgIpc) is 2.83. The fourth-order valence-electron chi connectivity index (χ4n) is 3.32. The minimum atomic E-state index is -0.251. The Balaban J connectivity index is 1.52. The lowest BCUT2D eigenvalue weighted by Gasteiger charge is -2.27. The van der Waals surface area contributed by atoms with E-state index in [0.717, 1.165) is 12.8 Å². The Morgan fingerprint density at radius 1 is 0.969 bits per heavy atom. The molecular formula is C24H30N4O4. The number of anilines is 2. The minimum absolute atomic E-state index is 0.0299. The zero-order chi connectivity index (χ0) is 22.8. The van der Waals surface area contributed by atoms with Crippen LogP contribution in [0.3, 0.4) is 0 Å². The van der Waals surface area contributed by atoms with E-state index in [9.17, 15) is 14.4 Å². The first-order valence-electron chi connectivity index (χ1n) is 11.0. The predicted molar refractivity (Wildman–Crippen MR) is 124 cm³/mol. The van der Waals surface area contributed by atoms with Crippen LogP contribution in [0.25, 0.3) is 0 Å². The van der Waals surface area contributed by atoms with Crippen LogP contribution in [0.4, 0.5) is 11.4 Å². The van der Waals surface area contributed by atoms with Crippen molar-refractivity contribution in [3.05, 3.63) is 59.7 Å². The molecule has 8 nitrogen and oxygen atoms in total. The first kappa shape index (κ1) is 23.3. The molecule has 0 aromatic heterocycles. The summed E-state index contributed by atoms with van der Waals surface area (Å²) in [6.07, 6.45) is 1.93. The van der Waals surface area contributed by atoms with E-state index in [-0.39, 0.29) is 24.3 Å². The molecule has 1 aliphatic heterocycles. The molecule has 8 heteroatoms. The van der Waals surface area contributed by atoms with E-state index >= 15 is 0 Å². The van der Waals surface area contributed by atoms with Crippen LogP contribution in [0, 0.1) is 0 Å². The third-order valence-corrected chi connectivity index (χ3v) is 5.09. The van der Waals surface area contributed by atoms with Crippen molar-refractivity contribution in [2.75, 3.05) is 50.0 Å². The number of hydrogen-bond donors (Lipinski definition) is 3.